The van der Waals surface area contributed by atoms with Gasteiger partial charge in [-0.2, -0.15) is 10.4 Å². The second kappa shape index (κ2) is 9.90. The Kier molecular flexibility index (Phi) is 6.65. The number of primary amides is 1. The molecule has 1 aliphatic heterocycles. The van der Waals surface area contributed by atoms with Crippen molar-refractivity contribution in [2.75, 3.05) is 6.61 Å². The first-order valence-electron chi connectivity index (χ1n) is 12.4. The van der Waals surface area contributed by atoms with Gasteiger partial charge in [-0.05, 0) is 74.4 Å². The summed E-state index contributed by atoms with van der Waals surface area (Å²) in [6.45, 7) is 2.61. The predicted octanol–water partition coefficient (Wildman–Crippen LogP) is 4.31. The number of nitrogens with two attached hydrogens (primary N) is 1. The number of carbonyl (C=O) groups is 2. The number of nitrogens with zero attached hydrogens (tertiary/aromatic N) is 4. The zero-order chi connectivity index (χ0) is 26.3. The van der Waals surface area contributed by atoms with Crippen LogP contribution in [0.5, 0.6) is 0 Å². The molecule has 1 saturated heterocycles. The molecule has 192 valence electrons. The highest BCUT2D eigenvalue weighted by Gasteiger charge is 2.37. The Morgan fingerprint density at radius 1 is 1.14 bits per heavy atom. The molecule has 0 radical (unpaired) electrons. The lowest BCUT2D eigenvalue weighted by Gasteiger charge is -2.32. The average Bonchev–Trinajstić information content (AvgIpc) is 3.49. The number of halogens is 2. The second-order valence-electron chi connectivity index (χ2n) is 9.89. The number of aryl methyl sites for hydroxylation is 1. The number of rotatable bonds is 5. The van der Waals surface area contributed by atoms with E-state index in [0.717, 1.165) is 18.9 Å². The van der Waals surface area contributed by atoms with Gasteiger partial charge in [-0.1, -0.05) is 0 Å². The van der Waals surface area contributed by atoms with E-state index in [1.165, 1.54) is 17.2 Å². The molecule has 1 atom stereocenters. The van der Waals surface area contributed by atoms with Gasteiger partial charge in [0.1, 0.15) is 11.6 Å². The Hall–Kier alpha value is -3.84. The molecule has 2 aliphatic rings. The van der Waals surface area contributed by atoms with Crippen molar-refractivity contribution < 1.29 is 23.2 Å². The van der Waals surface area contributed by atoms with E-state index in [0.29, 0.717) is 54.6 Å². The molecule has 0 spiro atoms. The van der Waals surface area contributed by atoms with Gasteiger partial charge in [0.25, 0.3) is 0 Å². The molecule has 1 aliphatic carbocycles. The van der Waals surface area contributed by atoms with Crippen molar-refractivity contribution in [3.63, 3.8) is 0 Å². The zero-order valence-electron chi connectivity index (χ0n) is 20.4. The first kappa shape index (κ1) is 24.8. The summed E-state index contributed by atoms with van der Waals surface area (Å²) < 4.78 is 30.3. The number of hydrogen-bond acceptors (Lipinski definition) is 5. The van der Waals surface area contributed by atoms with Crippen LogP contribution in [0.15, 0.2) is 30.3 Å². The Morgan fingerprint density at radius 2 is 1.89 bits per heavy atom. The maximum Gasteiger partial charge on any atom is 0.249 e. The van der Waals surface area contributed by atoms with Crippen LogP contribution in [0.2, 0.25) is 0 Å². The van der Waals surface area contributed by atoms with Crippen molar-refractivity contribution in [3.05, 3.63) is 64.4 Å². The molecule has 5 rings (SSSR count). The Balaban J connectivity index is 1.27. The quantitative estimate of drug-likeness (QED) is 0.553. The number of hydroxylamine groups is 2. The summed E-state index contributed by atoms with van der Waals surface area (Å²) in [4.78, 5) is 30.6. The SMILES string of the molecule is Cc1nn(C[C@H]2CC[C@H](C(=O)N3OCC[C@H]3c3cc(F)cc(C#N)c3)CC2)c2cc(C(N)=O)cc(F)c12. The first-order chi connectivity index (χ1) is 17.7. The monoisotopic (exact) mass is 507 g/mol. The lowest BCUT2D eigenvalue weighted by molar-refractivity contribution is -0.183. The van der Waals surface area contributed by atoms with Crippen molar-refractivity contribution in [1.29, 1.82) is 5.26 Å². The van der Waals surface area contributed by atoms with Crippen LogP contribution in [0.1, 0.15) is 65.3 Å². The van der Waals surface area contributed by atoms with Crippen LogP contribution in [0.3, 0.4) is 0 Å². The molecule has 2 amide bonds. The van der Waals surface area contributed by atoms with Crippen molar-refractivity contribution >= 4 is 22.7 Å². The van der Waals surface area contributed by atoms with Gasteiger partial charge in [-0.25, -0.2) is 13.8 Å². The summed E-state index contributed by atoms with van der Waals surface area (Å²) in [5.41, 5.74) is 7.30. The van der Waals surface area contributed by atoms with Gasteiger partial charge in [-0.15, -0.1) is 0 Å². The zero-order valence-corrected chi connectivity index (χ0v) is 20.4. The lowest BCUT2D eigenvalue weighted by atomic mass is 9.81. The number of nitriles is 1. The molecular formula is C27H27F2N5O3. The molecule has 0 bridgehead atoms. The van der Waals surface area contributed by atoms with Gasteiger partial charge < -0.3 is 5.73 Å². The fourth-order valence-electron chi connectivity index (χ4n) is 5.60. The number of carbonyl (C=O) groups excluding carboxylic acids is 2. The van der Waals surface area contributed by atoms with Crippen molar-refractivity contribution in [3.8, 4) is 6.07 Å². The smallest absolute Gasteiger partial charge is 0.249 e. The van der Waals surface area contributed by atoms with Crippen LogP contribution in [0.25, 0.3) is 10.9 Å². The van der Waals surface area contributed by atoms with Gasteiger partial charge in [0.05, 0.1) is 40.9 Å². The van der Waals surface area contributed by atoms with Gasteiger partial charge in [0.2, 0.25) is 11.8 Å². The van der Waals surface area contributed by atoms with Gasteiger partial charge in [-0.3, -0.25) is 19.1 Å². The summed E-state index contributed by atoms with van der Waals surface area (Å²) in [6.07, 6.45) is 3.38. The van der Waals surface area contributed by atoms with Crippen LogP contribution >= 0.6 is 0 Å². The van der Waals surface area contributed by atoms with Crippen LogP contribution in [0, 0.1) is 41.7 Å². The normalized spacial score (nSPS) is 21.8. The molecular weight excluding hydrogens is 480 g/mol. The highest BCUT2D eigenvalue weighted by Crippen LogP contribution is 2.37. The van der Waals surface area contributed by atoms with Crippen LogP contribution in [-0.2, 0) is 16.2 Å². The molecule has 1 saturated carbocycles. The largest absolute Gasteiger partial charge is 0.366 e. The third-order valence-corrected chi connectivity index (χ3v) is 7.45. The predicted molar refractivity (Wildman–Crippen MR) is 130 cm³/mol. The molecule has 2 N–H and O–H groups in total. The number of aromatic nitrogens is 2. The van der Waals surface area contributed by atoms with E-state index in [1.807, 2.05) is 6.07 Å². The molecule has 10 heteroatoms. The maximum atomic E-state index is 14.6. The van der Waals surface area contributed by atoms with E-state index < -0.39 is 23.6 Å². The number of fused-ring (bicyclic) bond motifs is 1. The summed E-state index contributed by atoms with van der Waals surface area (Å²) in [6, 6.07) is 8.35. The summed E-state index contributed by atoms with van der Waals surface area (Å²) in [5.74, 6) is -1.87. The van der Waals surface area contributed by atoms with Gasteiger partial charge in [0, 0.05) is 24.4 Å². The lowest BCUT2D eigenvalue weighted by Crippen LogP contribution is -2.37. The van der Waals surface area contributed by atoms with E-state index in [2.05, 4.69) is 5.10 Å². The average molecular weight is 508 g/mol. The van der Waals surface area contributed by atoms with Gasteiger partial charge >= 0.3 is 0 Å². The summed E-state index contributed by atoms with van der Waals surface area (Å²) in [7, 11) is 0. The highest BCUT2D eigenvalue weighted by molar-refractivity contribution is 5.97. The van der Waals surface area contributed by atoms with E-state index in [9.17, 15) is 23.6 Å². The number of hydrogen-bond donors (Lipinski definition) is 1. The second-order valence-corrected chi connectivity index (χ2v) is 9.89. The molecule has 8 nitrogen and oxygen atoms in total. The van der Waals surface area contributed by atoms with Crippen molar-refractivity contribution in [1.82, 2.24) is 14.8 Å². The minimum Gasteiger partial charge on any atom is -0.366 e. The van der Waals surface area contributed by atoms with Crippen LogP contribution < -0.4 is 5.73 Å². The summed E-state index contributed by atoms with van der Waals surface area (Å²) in [5, 5.41) is 15.4. The first-order valence-corrected chi connectivity index (χ1v) is 12.4. The highest BCUT2D eigenvalue weighted by atomic mass is 19.1. The Labute approximate surface area is 212 Å². The fraction of sp³-hybridized carbons (Fsp3) is 0.407. The van der Waals surface area contributed by atoms with E-state index in [1.54, 1.807) is 23.7 Å². The van der Waals surface area contributed by atoms with Crippen molar-refractivity contribution in [2.24, 2.45) is 17.6 Å². The number of amides is 2. The molecule has 37 heavy (non-hydrogen) atoms. The Morgan fingerprint density at radius 3 is 2.59 bits per heavy atom. The Bertz CT molecular complexity index is 1420. The molecule has 2 fully saturated rings. The molecule has 1 aromatic heterocycles. The van der Waals surface area contributed by atoms with E-state index >= 15 is 0 Å². The van der Waals surface area contributed by atoms with Crippen LogP contribution in [-0.4, -0.2) is 33.3 Å². The number of benzene rings is 2. The van der Waals surface area contributed by atoms with E-state index in [4.69, 9.17) is 10.6 Å². The topological polar surface area (TPSA) is 114 Å². The molecule has 2 aromatic carbocycles. The molecule has 0 unspecified atom stereocenters. The van der Waals surface area contributed by atoms with Crippen LogP contribution in [0.4, 0.5) is 8.78 Å². The van der Waals surface area contributed by atoms with Gasteiger partial charge in [0.15, 0.2) is 0 Å². The fourth-order valence-corrected chi connectivity index (χ4v) is 5.60. The van der Waals surface area contributed by atoms with Crippen molar-refractivity contribution in [2.45, 2.75) is 51.6 Å². The third kappa shape index (κ3) is 4.79. The third-order valence-electron chi connectivity index (χ3n) is 7.45. The molecule has 3 aromatic rings. The molecule has 2 heterocycles. The standard InChI is InChI=1S/C27H27F2N5O3/c1-15-25-22(29)11-20(26(31)35)12-24(25)33(32-15)14-16-2-4-18(5-3-16)27(36)34-23(6-7-37-34)19-8-17(13-30)9-21(28)10-19/h8-12,16,18,23H,2-7,14H2,1H3,(H2,31,35)/t16-,18-,23-/m0/s1. The minimum atomic E-state index is -0.699. The maximum absolute atomic E-state index is 14.6. The van der Waals surface area contributed by atoms with E-state index in [-0.39, 0.29) is 28.9 Å². The summed E-state index contributed by atoms with van der Waals surface area (Å²) >= 11 is 0. The minimum absolute atomic E-state index is 0.0980.